The number of benzene rings is 2. The number of ether oxygens (including phenoxy) is 1. The van der Waals surface area contributed by atoms with Crippen LogP contribution >= 0.6 is 0 Å². The number of amides is 2. The first-order valence-corrected chi connectivity index (χ1v) is 9.88. The van der Waals surface area contributed by atoms with Crippen LogP contribution in [0.25, 0.3) is 0 Å². The molecule has 5 nitrogen and oxygen atoms in total. The molecule has 2 fully saturated rings. The maximum Gasteiger partial charge on any atom is 0.416 e. The van der Waals surface area contributed by atoms with E-state index < -0.39 is 17.3 Å². The highest BCUT2D eigenvalue weighted by atomic mass is 19.4. The number of likely N-dealkylation sites (tertiary alicyclic amines) is 1. The molecule has 2 aromatic rings. The number of urea groups is 1. The van der Waals surface area contributed by atoms with Crippen LogP contribution in [0.4, 0.5) is 23.7 Å². The lowest BCUT2D eigenvalue weighted by Gasteiger charge is -2.36. The highest BCUT2D eigenvalue weighted by Crippen LogP contribution is 2.33. The number of alkyl halides is 3. The number of nitrogens with zero attached hydrogens (tertiary/aromatic N) is 1. The van der Waals surface area contributed by atoms with Gasteiger partial charge >= 0.3 is 12.2 Å². The average molecular weight is 420 g/mol. The fourth-order valence-corrected chi connectivity index (χ4v) is 3.89. The summed E-state index contributed by atoms with van der Waals surface area (Å²) in [4.78, 5) is 14.2. The maximum absolute atomic E-state index is 12.7. The first kappa shape index (κ1) is 20.7. The highest BCUT2D eigenvalue weighted by Gasteiger charge is 2.37. The zero-order valence-corrected chi connectivity index (χ0v) is 16.3. The Labute approximate surface area is 172 Å². The van der Waals surface area contributed by atoms with Gasteiger partial charge in [-0.25, -0.2) is 4.79 Å². The molecule has 0 aliphatic carbocycles. The summed E-state index contributed by atoms with van der Waals surface area (Å²) in [5.41, 5.74) is 0.673. The number of halogens is 3. The van der Waals surface area contributed by atoms with Crippen molar-refractivity contribution in [2.24, 2.45) is 0 Å². The van der Waals surface area contributed by atoms with Gasteiger partial charge in [-0.1, -0.05) is 24.3 Å². The van der Waals surface area contributed by atoms with E-state index >= 15 is 0 Å². The predicted octanol–water partition coefficient (Wildman–Crippen LogP) is 4.33. The van der Waals surface area contributed by atoms with Crippen LogP contribution in [0.2, 0.25) is 0 Å². The minimum absolute atomic E-state index is 0.140. The van der Waals surface area contributed by atoms with Gasteiger partial charge < -0.3 is 20.1 Å². The lowest BCUT2D eigenvalue weighted by molar-refractivity contribution is -0.184. The summed E-state index contributed by atoms with van der Waals surface area (Å²) in [5, 5.41) is 13.1. The second kappa shape index (κ2) is 7.92. The summed E-state index contributed by atoms with van der Waals surface area (Å²) in [7, 11) is 0. The SMILES string of the molecule is O=C(Nc1ccc(C2(O)COC2)cc1)N1CCC(c2ccc(C(F)(F)F)cc2)CC1. The molecular formula is C22H23F3N2O3. The van der Waals surface area contributed by atoms with Gasteiger partial charge in [-0.05, 0) is 54.2 Å². The number of anilines is 1. The molecule has 0 atom stereocenters. The van der Waals surface area contributed by atoms with E-state index in [0.717, 1.165) is 23.3 Å². The lowest BCUT2D eigenvalue weighted by Crippen LogP contribution is -2.46. The third-order valence-corrected chi connectivity index (χ3v) is 5.85. The Morgan fingerprint density at radius 2 is 1.63 bits per heavy atom. The third-order valence-electron chi connectivity index (χ3n) is 5.85. The number of piperidine rings is 1. The molecule has 0 spiro atoms. The van der Waals surface area contributed by atoms with Gasteiger partial charge in [0, 0.05) is 18.8 Å². The number of hydrogen-bond acceptors (Lipinski definition) is 3. The first-order chi connectivity index (χ1) is 14.2. The molecule has 0 unspecified atom stereocenters. The van der Waals surface area contributed by atoms with E-state index in [9.17, 15) is 23.1 Å². The molecule has 2 aliphatic rings. The number of carbonyl (C=O) groups is 1. The summed E-state index contributed by atoms with van der Waals surface area (Å²) in [5.74, 6) is 0.140. The van der Waals surface area contributed by atoms with E-state index in [1.807, 2.05) is 0 Å². The van der Waals surface area contributed by atoms with Crippen molar-refractivity contribution in [3.8, 4) is 0 Å². The number of nitrogens with one attached hydrogen (secondary N) is 1. The zero-order chi connectivity index (χ0) is 21.4. The molecule has 2 heterocycles. The number of carbonyl (C=O) groups excluding carboxylic acids is 1. The van der Waals surface area contributed by atoms with Crippen LogP contribution in [0.3, 0.4) is 0 Å². The summed E-state index contributed by atoms with van der Waals surface area (Å²) < 4.78 is 43.2. The van der Waals surface area contributed by atoms with Gasteiger partial charge in [-0.2, -0.15) is 13.2 Å². The van der Waals surface area contributed by atoms with Gasteiger partial charge in [0.05, 0.1) is 18.8 Å². The van der Waals surface area contributed by atoms with Gasteiger partial charge in [-0.3, -0.25) is 0 Å². The fourth-order valence-electron chi connectivity index (χ4n) is 3.89. The number of hydrogen-bond donors (Lipinski definition) is 2. The van der Waals surface area contributed by atoms with Crippen LogP contribution in [-0.2, 0) is 16.5 Å². The molecule has 160 valence electrons. The number of rotatable bonds is 3. The molecule has 2 saturated heterocycles. The lowest BCUT2D eigenvalue weighted by atomic mass is 9.89. The topological polar surface area (TPSA) is 61.8 Å². The fraction of sp³-hybridized carbons (Fsp3) is 0.409. The molecule has 0 radical (unpaired) electrons. The van der Waals surface area contributed by atoms with Crippen molar-refractivity contribution in [1.82, 2.24) is 4.90 Å². The predicted molar refractivity (Wildman–Crippen MR) is 105 cm³/mol. The van der Waals surface area contributed by atoms with Crippen molar-refractivity contribution >= 4 is 11.7 Å². The van der Waals surface area contributed by atoms with Crippen molar-refractivity contribution in [2.45, 2.75) is 30.5 Å². The summed E-state index contributed by atoms with van der Waals surface area (Å²) >= 11 is 0. The van der Waals surface area contributed by atoms with E-state index in [1.54, 1.807) is 29.2 Å². The Bertz CT molecular complexity index is 885. The molecule has 0 saturated carbocycles. The monoisotopic (exact) mass is 420 g/mol. The second-order valence-electron chi connectivity index (χ2n) is 7.91. The Morgan fingerprint density at radius 3 is 2.13 bits per heavy atom. The molecule has 0 bridgehead atoms. The van der Waals surface area contributed by atoms with E-state index in [4.69, 9.17) is 4.74 Å². The van der Waals surface area contributed by atoms with Crippen LogP contribution in [0.15, 0.2) is 48.5 Å². The Balaban J connectivity index is 1.30. The minimum atomic E-state index is -4.33. The van der Waals surface area contributed by atoms with Gasteiger partial charge in [0.15, 0.2) is 0 Å². The van der Waals surface area contributed by atoms with Crippen LogP contribution in [0.5, 0.6) is 0 Å². The third kappa shape index (κ3) is 4.29. The molecule has 2 aromatic carbocycles. The van der Waals surface area contributed by atoms with Crippen LogP contribution in [-0.4, -0.2) is 42.3 Å². The summed E-state index contributed by atoms with van der Waals surface area (Å²) in [6.45, 7) is 1.61. The Kier molecular flexibility index (Phi) is 5.46. The van der Waals surface area contributed by atoms with Gasteiger partial charge in [-0.15, -0.1) is 0 Å². The quantitative estimate of drug-likeness (QED) is 0.777. The number of aliphatic hydroxyl groups is 1. The van der Waals surface area contributed by atoms with E-state index in [-0.39, 0.29) is 25.2 Å². The summed E-state index contributed by atoms with van der Waals surface area (Å²) in [6.07, 6.45) is -2.93. The van der Waals surface area contributed by atoms with E-state index in [2.05, 4.69) is 5.32 Å². The molecule has 0 aromatic heterocycles. The van der Waals surface area contributed by atoms with Gasteiger partial charge in [0.25, 0.3) is 0 Å². The Hall–Kier alpha value is -2.58. The molecule has 30 heavy (non-hydrogen) atoms. The first-order valence-electron chi connectivity index (χ1n) is 9.88. The van der Waals surface area contributed by atoms with Crippen molar-refractivity contribution < 1.29 is 27.8 Å². The normalized spacial score (nSPS) is 19.3. The van der Waals surface area contributed by atoms with Crippen molar-refractivity contribution in [1.29, 1.82) is 0 Å². The maximum atomic E-state index is 12.7. The zero-order valence-electron chi connectivity index (χ0n) is 16.3. The smallest absolute Gasteiger partial charge is 0.380 e. The van der Waals surface area contributed by atoms with Crippen LogP contribution in [0.1, 0.15) is 35.4 Å². The van der Waals surface area contributed by atoms with Crippen LogP contribution in [0, 0.1) is 0 Å². The highest BCUT2D eigenvalue weighted by molar-refractivity contribution is 5.89. The van der Waals surface area contributed by atoms with Crippen molar-refractivity contribution in [3.05, 3.63) is 65.2 Å². The Morgan fingerprint density at radius 1 is 1.03 bits per heavy atom. The van der Waals surface area contributed by atoms with Crippen molar-refractivity contribution in [2.75, 3.05) is 31.6 Å². The molecule has 2 N–H and O–H groups in total. The van der Waals surface area contributed by atoms with E-state index in [0.29, 0.717) is 31.6 Å². The second-order valence-corrected chi connectivity index (χ2v) is 7.91. The van der Waals surface area contributed by atoms with Gasteiger partial charge in [0.1, 0.15) is 5.60 Å². The minimum Gasteiger partial charge on any atom is -0.380 e. The van der Waals surface area contributed by atoms with E-state index in [1.165, 1.54) is 12.1 Å². The standard InChI is InChI=1S/C22H23F3N2O3/c23-22(24,25)18-3-1-15(2-4-18)16-9-11-27(12-10-16)20(28)26-19-7-5-17(6-8-19)21(29)13-30-14-21/h1-8,16,29H,9-14H2,(H,26,28). The molecule has 2 aliphatic heterocycles. The average Bonchev–Trinajstić information content (AvgIpc) is 2.72. The van der Waals surface area contributed by atoms with Crippen molar-refractivity contribution in [3.63, 3.8) is 0 Å². The molecule has 8 heteroatoms. The summed E-state index contributed by atoms with van der Waals surface area (Å²) in [6, 6.07) is 12.1. The van der Waals surface area contributed by atoms with Gasteiger partial charge in [0.2, 0.25) is 0 Å². The largest absolute Gasteiger partial charge is 0.416 e. The van der Waals surface area contributed by atoms with Crippen LogP contribution < -0.4 is 5.32 Å². The molecule has 4 rings (SSSR count). The molecular weight excluding hydrogens is 397 g/mol. The molecule has 2 amide bonds.